The summed E-state index contributed by atoms with van der Waals surface area (Å²) in [5, 5.41) is 7.17. The first kappa shape index (κ1) is 26.8. The highest BCUT2D eigenvalue weighted by atomic mass is 16.3. The number of nitroso groups, excluding NO2 is 1. The number of hydrogen-bond acceptors (Lipinski definition) is 4. The third kappa shape index (κ3) is 6.55. The minimum Gasteiger partial charge on any atom is -0.308 e. The Hall–Kier alpha value is -3.26. The van der Waals surface area contributed by atoms with E-state index in [1.54, 1.807) is 17.1 Å². The quantitative estimate of drug-likeness (QED) is 0.450. The first-order valence-electron chi connectivity index (χ1n) is 13.7. The van der Waals surface area contributed by atoms with Crippen molar-refractivity contribution >= 4 is 23.2 Å². The first-order valence-corrected chi connectivity index (χ1v) is 13.7. The Morgan fingerprint density at radius 1 is 1.00 bits per heavy atom. The summed E-state index contributed by atoms with van der Waals surface area (Å²) in [6, 6.07) is 16.2. The van der Waals surface area contributed by atoms with Gasteiger partial charge in [0.25, 0.3) is 0 Å². The van der Waals surface area contributed by atoms with Crippen LogP contribution in [-0.4, -0.2) is 53.9 Å². The van der Waals surface area contributed by atoms with Gasteiger partial charge in [-0.1, -0.05) is 69.5 Å². The Balaban J connectivity index is 1.66. The zero-order chi connectivity index (χ0) is 26.2. The van der Waals surface area contributed by atoms with Gasteiger partial charge in [-0.15, -0.1) is 5.01 Å². The lowest BCUT2D eigenvalue weighted by molar-refractivity contribution is -0.588. The molecule has 2 N–H and O–H groups in total. The molecule has 1 heterocycles. The van der Waals surface area contributed by atoms with Gasteiger partial charge in [0.15, 0.2) is 4.87 Å². The number of nitrogens with zero attached hydrogens (tertiary/aromatic N) is 3. The van der Waals surface area contributed by atoms with Crippen LogP contribution in [0, 0.1) is 10.8 Å². The van der Waals surface area contributed by atoms with Crippen molar-refractivity contribution in [3.05, 3.63) is 65.1 Å². The summed E-state index contributed by atoms with van der Waals surface area (Å²) in [5.74, 6) is -0.394. The van der Waals surface area contributed by atoms with E-state index in [1.807, 2.05) is 42.5 Å². The lowest BCUT2D eigenvalue weighted by Crippen LogP contribution is -2.55. The molecule has 2 aromatic rings. The summed E-state index contributed by atoms with van der Waals surface area (Å²) in [6.07, 6.45) is 4.94. The molecule has 1 aliphatic heterocycles. The molecule has 2 unspecified atom stereocenters. The molecule has 0 saturated heterocycles. The molecule has 8 heteroatoms. The lowest BCUT2D eigenvalue weighted by Gasteiger charge is -2.26. The maximum absolute atomic E-state index is 14.0. The molecule has 2 aliphatic rings. The second-order valence-corrected chi connectivity index (χ2v) is 10.1. The van der Waals surface area contributed by atoms with Gasteiger partial charge in [-0.25, -0.2) is 4.79 Å². The lowest BCUT2D eigenvalue weighted by atomic mass is 9.88. The molecule has 0 spiro atoms. The molecule has 1 saturated carbocycles. The number of Topliss-reactive ketones (excluding diaryl/α,β-unsaturated/α-hetero) is 1. The highest BCUT2D eigenvalue weighted by molar-refractivity contribution is 5.97. The Morgan fingerprint density at radius 3 is 2.38 bits per heavy atom. The molecule has 37 heavy (non-hydrogen) atoms. The molecule has 1 aliphatic carbocycles. The van der Waals surface area contributed by atoms with E-state index in [0.29, 0.717) is 24.6 Å². The highest BCUT2D eigenvalue weighted by Gasteiger charge is 2.49. The van der Waals surface area contributed by atoms with Crippen LogP contribution in [0.25, 0.3) is 0 Å². The summed E-state index contributed by atoms with van der Waals surface area (Å²) in [7, 11) is 0. The molecule has 8 nitrogen and oxygen atoms in total. The summed E-state index contributed by atoms with van der Waals surface area (Å²) in [5.41, 5.74) is 2.23. The number of carbonyl (C=O) groups excluding carboxylic acids is 2. The zero-order valence-electron chi connectivity index (χ0n) is 22.1. The van der Waals surface area contributed by atoms with Crippen LogP contribution in [0.15, 0.2) is 54.6 Å². The van der Waals surface area contributed by atoms with Crippen molar-refractivity contribution in [1.29, 1.82) is 0 Å². The van der Waals surface area contributed by atoms with Gasteiger partial charge in [0.05, 0.1) is 17.4 Å². The minimum atomic E-state index is -1.32. The Bertz CT molecular complexity index is 1070. The predicted octanol–water partition coefficient (Wildman–Crippen LogP) is 5.31. The summed E-state index contributed by atoms with van der Waals surface area (Å²) >= 11 is 0. The van der Waals surface area contributed by atoms with Crippen molar-refractivity contribution < 1.29 is 14.5 Å². The maximum Gasteiger partial charge on any atom is 0.369 e. The normalized spacial score (nSPS) is 20.5. The Labute approximate surface area is 219 Å². The average Bonchev–Trinajstić information content (AvgIpc) is 3.00. The second kappa shape index (κ2) is 12.8. The Morgan fingerprint density at radius 2 is 1.68 bits per heavy atom. The standard InChI is InChI=1S/C29H39N5O3/c1-3-32(4-2)20-19-25-24-17-11-12-18-26(24)33(21-22-13-7-5-8-14-22)34(37)28(27(25)35)31-29(36)30-23-15-9-6-10-16-23/h6,9-12,15-18,22,25,28H,3-5,7-8,13-14,19-21H2,1-2H3,(H-,30,31,36)/p+1. The number of rotatable bonds is 9. The fourth-order valence-electron chi connectivity index (χ4n) is 5.60. The molecular weight excluding hydrogens is 466 g/mol. The van der Waals surface area contributed by atoms with E-state index in [0.717, 1.165) is 61.4 Å². The van der Waals surface area contributed by atoms with Crippen LogP contribution in [0.4, 0.5) is 16.2 Å². The van der Waals surface area contributed by atoms with Crippen LogP contribution in [0.2, 0.25) is 0 Å². The number of nitrogens with one attached hydrogen (secondary N) is 2. The number of para-hydroxylation sites is 2. The number of ketones is 1. The first-order chi connectivity index (χ1) is 18.0. The molecule has 2 aromatic carbocycles. The summed E-state index contributed by atoms with van der Waals surface area (Å²) in [4.78, 5) is 43.9. The molecule has 0 bridgehead atoms. The van der Waals surface area contributed by atoms with Crippen LogP contribution in [0.3, 0.4) is 0 Å². The van der Waals surface area contributed by atoms with Crippen LogP contribution in [-0.2, 0) is 4.79 Å². The average molecular weight is 507 g/mol. The molecule has 2 atom stereocenters. The molecular formula is C29H40N5O3+. The number of hydrogen-bond donors (Lipinski definition) is 2. The fraction of sp³-hybridized carbons (Fsp3) is 0.517. The van der Waals surface area contributed by atoms with Gasteiger partial charge in [0.2, 0.25) is 5.78 Å². The van der Waals surface area contributed by atoms with E-state index in [2.05, 4.69) is 29.4 Å². The van der Waals surface area contributed by atoms with Crippen molar-refractivity contribution in [3.8, 4) is 0 Å². The van der Waals surface area contributed by atoms with Gasteiger partial charge in [0, 0.05) is 5.69 Å². The molecule has 2 amide bonds. The van der Waals surface area contributed by atoms with E-state index >= 15 is 0 Å². The molecule has 1 fully saturated rings. The third-order valence-corrected chi connectivity index (χ3v) is 7.75. The van der Waals surface area contributed by atoms with Crippen molar-refractivity contribution in [3.63, 3.8) is 0 Å². The maximum atomic E-state index is 14.0. The third-order valence-electron chi connectivity index (χ3n) is 7.75. The van der Waals surface area contributed by atoms with Gasteiger partial charge < -0.3 is 10.2 Å². The second-order valence-electron chi connectivity index (χ2n) is 10.1. The number of benzene rings is 2. The van der Waals surface area contributed by atoms with Crippen molar-refractivity contribution in [2.45, 2.75) is 64.5 Å². The van der Waals surface area contributed by atoms with E-state index in [4.69, 9.17) is 0 Å². The van der Waals surface area contributed by atoms with E-state index in [1.165, 1.54) is 6.42 Å². The van der Waals surface area contributed by atoms with E-state index in [9.17, 15) is 14.5 Å². The number of hydrazine groups is 1. The topological polar surface area (TPSA) is 84.8 Å². The van der Waals surface area contributed by atoms with Crippen LogP contribution in [0.5, 0.6) is 0 Å². The number of anilines is 2. The van der Waals surface area contributed by atoms with Gasteiger partial charge in [0.1, 0.15) is 5.69 Å². The molecule has 198 valence electrons. The number of fused-ring (bicyclic) bond motifs is 1. The van der Waals surface area contributed by atoms with Crippen LogP contribution in [0.1, 0.15) is 63.9 Å². The van der Waals surface area contributed by atoms with Crippen LogP contribution < -0.4 is 15.6 Å². The SMILES string of the molecule is CCN(CC)CCC1C(=O)C(NC(=O)Nc2ccccc2)[N+](=O)N(CC2CCCCC2)c2ccccc21. The van der Waals surface area contributed by atoms with Crippen LogP contribution >= 0.6 is 0 Å². The van der Waals surface area contributed by atoms with E-state index in [-0.39, 0.29) is 5.78 Å². The smallest absolute Gasteiger partial charge is 0.308 e. The van der Waals surface area contributed by atoms with Crippen molar-refractivity contribution in [2.75, 3.05) is 36.5 Å². The van der Waals surface area contributed by atoms with Gasteiger partial charge in [-0.3, -0.25) is 10.1 Å². The largest absolute Gasteiger partial charge is 0.369 e. The molecule has 4 rings (SSSR count). The number of amides is 2. The monoisotopic (exact) mass is 506 g/mol. The summed E-state index contributed by atoms with van der Waals surface area (Å²) in [6.45, 7) is 7.27. The van der Waals surface area contributed by atoms with E-state index < -0.39 is 18.1 Å². The number of urea groups is 1. The van der Waals surface area contributed by atoms with Crippen molar-refractivity contribution in [2.24, 2.45) is 5.92 Å². The predicted molar refractivity (Wildman–Crippen MR) is 147 cm³/mol. The zero-order valence-corrected chi connectivity index (χ0v) is 22.1. The van der Waals surface area contributed by atoms with Gasteiger partial charge >= 0.3 is 12.2 Å². The summed E-state index contributed by atoms with van der Waals surface area (Å²) < 4.78 is 0. The Kier molecular flexibility index (Phi) is 9.28. The number of carbonyl (C=O) groups is 2. The molecule has 0 radical (unpaired) electrons. The van der Waals surface area contributed by atoms with Gasteiger partial charge in [-0.2, -0.15) is 0 Å². The van der Waals surface area contributed by atoms with Gasteiger partial charge in [-0.05, 0) is 68.6 Å². The molecule has 0 aromatic heterocycles. The minimum absolute atomic E-state index is 0.274. The fourth-order valence-corrected chi connectivity index (χ4v) is 5.60. The van der Waals surface area contributed by atoms with Crippen molar-refractivity contribution in [1.82, 2.24) is 10.2 Å². The highest BCUT2D eigenvalue weighted by Crippen LogP contribution is 2.37.